The maximum Gasteiger partial charge on any atom is 0.273 e. The third-order valence-corrected chi connectivity index (χ3v) is 1.94. The Morgan fingerprint density at radius 1 is 1.60 bits per heavy atom. The van der Waals surface area contributed by atoms with Crippen LogP contribution in [0.15, 0.2) is 12.4 Å². The Labute approximate surface area is 92.3 Å². The predicted octanol–water partition coefficient (Wildman–Crippen LogP) is 1.12. The average Bonchev–Trinajstić information content (AvgIpc) is 2.26. The Hall–Kier alpha value is -1.67. The Balaban J connectivity index is 2.68. The number of nitriles is 1. The van der Waals surface area contributed by atoms with E-state index < -0.39 is 0 Å². The minimum absolute atomic E-state index is 0.222. The molecule has 0 bridgehead atoms. The number of rotatable bonds is 3. The fourth-order valence-electron chi connectivity index (χ4n) is 0.938. The number of nitrogens with zero attached hydrogens (tertiary/aromatic N) is 4. The molecule has 0 aliphatic heterocycles. The molecule has 0 aromatic carbocycles. The third kappa shape index (κ3) is 3.18. The summed E-state index contributed by atoms with van der Waals surface area (Å²) in [4.78, 5) is 20.6. The van der Waals surface area contributed by atoms with E-state index in [0.29, 0.717) is 13.0 Å². The fraction of sp³-hybridized carbons (Fsp3) is 0.333. The standard InChI is InChI=1S/C9H9ClN4O/c1-14(4-2-3-11)9(15)7-5-13-8(10)6-12-7/h5-6H,2,4H2,1H3. The van der Waals surface area contributed by atoms with Gasteiger partial charge in [-0.3, -0.25) is 4.79 Å². The number of hydrogen-bond acceptors (Lipinski definition) is 4. The van der Waals surface area contributed by atoms with Gasteiger partial charge in [0.2, 0.25) is 0 Å². The molecule has 0 aliphatic carbocycles. The van der Waals surface area contributed by atoms with E-state index >= 15 is 0 Å². The lowest BCUT2D eigenvalue weighted by atomic mass is 10.3. The molecule has 0 fully saturated rings. The van der Waals surface area contributed by atoms with Crippen LogP contribution in [0.5, 0.6) is 0 Å². The molecule has 0 N–H and O–H groups in total. The van der Waals surface area contributed by atoms with Crippen LogP contribution in [0.25, 0.3) is 0 Å². The lowest BCUT2D eigenvalue weighted by molar-refractivity contribution is 0.0792. The van der Waals surface area contributed by atoms with E-state index in [1.165, 1.54) is 17.3 Å². The van der Waals surface area contributed by atoms with E-state index in [0.717, 1.165) is 0 Å². The summed E-state index contributed by atoms with van der Waals surface area (Å²) in [6, 6.07) is 1.96. The van der Waals surface area contributed by atoms with Crippen LogP contribution in [-0.2, 0) is 0 Å². The summed E-state index contributed by atoms with van der Waals surface area (Å²) in [7, 11) is 1.61. The summed E-state index contributed by atoms with van der Waals surface area (Å²) in [6.45, 7) is 0.375. The van der Waals surface area contributed by atoms with Crippen LogP contribution >= 0.6 is 11.6 Å². The van der Waals surface area contributed by atoms with Gasteiger partial charge < -0.3 is 4.90 Å². The monoisotopic (exact) mass is 224 g/mol. The van der Waals surface area contributed by atoms with Crippen LogP contribution in [0.3, 0.4) is 0 Å². The third-order valence-electron chi connectivity index (χ3n) is 1.75. The van der Waals surface area contributed by atoms with Crippen molar-refractivity contribution in [1.82, 2.24) is 14.9 Å². The van der Waals surface area contributed by atoms with E-state index in [-0.39, 0.29) is 16.8 Å². The van der Waals surface area contributed by atoms with Gasteiger partial charge in [0.15, 0.2) is 0 Å². The van der Waals surface area contributed by atoms with Gasteiger partial charge in [-0.05, 0) is 0 Å². The second kappa shape index (κ2) is 5.27. The fourth-order valence-corrected chi connectivity index (χ4v) is 1.04. The molecule has 0 atom stereocenters. The highest BCUT2D eigenvalue weighted by molar-refractivity contribution is 6.29. The van der Waals surface area contributed by atoms with E-state index in [4.69, 9.17) is 16.9 Å². The summed E-state index contributed by atoms with van der Waals surface area (Å²) in [6.07, 6.45) is 2.92. The largest absolute Gasteiger partial charge is 0.339 e. The van der Waals surface area contributed by atoms with Crippen molar-refractivity contribution < 1.29 is 4.79 Å². The highest BCUT2D eigenvalue weighted by Crippen LogP contribution is 2.03. The zero-order valence-corrected chi connectivity index (χ0v) is 8.90. The molecule has 15 heavy (non-hydrogen) atoms. The predicted molar refractivity (Wildman–Crippen MR) is 54.2 cm³/mol. The van der Waals surface area contributed by atoms with Gasteiger partial charge in [0.25, 0.3) is 5.91 Å². The van der Waals surface area contributed by atoms with Crippen molar-refractivity contribution in [2.45, 2.75) is 6.42 Å². The molecule has 0 saturated heterocycles. The van der Waals surface area contributed by atoms with Crippen molar-refractivity contribution in [1.29, 1.82) is 5.26 Å². The van der Waals surface area contributed by atoms with Crippen LogP contribution < -0.4 is 0 Å². The molecule has 78 valence electrons. The Morgan fingerprint density at radius 2 is 2.33 bits per heavy atom. The van der Waals surface area contributed by atoms with Gasteiger partial charge in [-0.2, -0.15) is 5.26 Å². The average molecular weight is 225 g/mol. The summed E-state index contributed by atoms with van der Waals surface area (Å²) in [5, 5.41) is 8.61. The number of carbonyl (C=O) groups is 1. The molecular weight excluding hydrogens is 216 g/mol. The quantitative estimate of drug-likeness (QED) is 0.771. The lowest BCUT2D eigenvalue weighted by Crippen LogP contribution is -2.28. The first-order valence-electron chi connectivity index (χ1n) is 4.25. The summed E-state index contributed by atoms with van der Waals surface area (Å²) in [5.74, 6) is -0.269. The summed E-state index contributed by atoms with van der Waals surface area (Å²) in [5.41, 5.74) is 0.222. The van der Waals surface area contributed by atoms with Gasteiger partial charge in [-0.25, -0.2) is 9.97 Å². The van der Waals surface area contributed by atoms with Crippen LogP contribution in [0.2, 0.25) is 5.15 Å². The second-order valence-corrected chi connectivity index (χ2v) is 3.25. The lowest BCUT2D eigenvalue weighted by Gasteiger charge is -2.14. The summed E-state index contributed by atoms with van der Waals surface area (Å²) < 4.78 is 0. The maximum absolute atomic E-state index is 11.6. The van der Waals surface area contributed by atoms with Crippen molar-refractivity contribution in [2.24, 2.45) is 0 Å². The molecular formula is C9H9ClN4O. The minimum Gasteiger partial charge on any atom is -0.339 e. The van der Waals surface area contributed by atoms with Crippen molar-refractivity contribution in [3.63, 3.8) is 0 Å². The van der Waals surface area contributed by atoms with Crippen molar-refractivity contribution in [3.05, 3.63) is 23.2 Å². The van der Waals surface area contributed by atoms with Crippen molar-refractivity contribution in [2.75, 3.05) is 13.6 Å². The molecule has 1 rings (SSSR count). The van der Waals surface area contributed by atoms with Gasteiger partial charge in [0, 0.05) is 13.6 Å². The van der Waals surface area contributed by atoms with Gasteiger partial charge >= 0.3 is 0 Å². The van der Waals surface area contributed by atoms with Crippen molar-refractivity contribution >= 4 is 17.5 Å². The first-order valence-corrected chi connectivity index (χ1v) is 4.63. The number of hydrogen-bond donors (Lipinski definition) is 0. The smallest absolute Gasteiger partial charge is 0.273 e. The van der Waals surface area contributed by atoms with Gasteiger partial charge in [0.05, 0.1) is 24.9 Å². The van der Waals surface area contributed by atoms with E-state index in [1.54, 1.807) is 7.05 Å². The van der Waals surface area contributed by atoms with E-state index in [2.05, 4.69) is 9.97 Å². The van der Waals surface area contributed by atoms with Crippen LogP contribution in [-0.4, -0.2) is 34.4 Å². The van der Waals surface area contributed by atoms with Crippen LogP contribution in [0.4, 0.5) is 0 Å². The molecule has 1 aromatic rings. The molecule has 0 unspecified atom stereocenters. The molecule has 5 nitrogen and oxygen atoms in total. The molecule has 0 spiro atoms. The molecule has 6 heteroatoms. The van der Waals surface area contributed by atoms with E-state index in [1.807, 2.05) is 6.07 Å². The number of aromatic nitrogens is 2. The zero-order valence-electron chi connectivity index (χ0n) is 8.14. The highest BCUT2D eigenvalue weighted by atomic mass is 35.5. The molecule has 0 saturated carbocycles. The summed E-state index contributed by atoms with van der Waals surface area (Å²) >= 11 is 5.54. The molecule has 0 radical (unpaired) electrons. The molecule has 1 heterocycles. The van der Waals surface area contributed by atoms with Crippen LogP contribution in [0, 0.1) is 11.3 Å². The number of amides is 1. The topological polar surface area (TPSA) is 69.9 Å². The highest BCUT2D eigenvalue weighted by Gasteiger charge is 2.12. The zero-order chi connectivity index (χ0) is 11.3. The first kappa shape index (κ1) is 11.4. The minimum atomic E-state index is -0.269. The Morgan fingerprint density at radius 3 is 2.87 bits per heavy atom. The van der Waals surface area contributed by atoms with Crippen LogP contribution in [0.1, 0.15) is 16.9 Å². The van der Waals surface area contributed by atoms with Gasteiger partial charge in [0.1, 0.15) is 10.8 Å². The second-order valence-electron chi connectivity index (χ2n) is 2.86. The maximum atomic E-state index is 11.6. The van der Waals surface area contributed by atoms with Gasteiger partial charge in [-0.1, -0.05) is 11.6 Å². The Kier molecular flexibility index (Phi) is 4.01. The number of halogens is 1. The van der Waals surface area contributed by atoms with Crippen molar-refractivity contribution in [3.8, 4) is 6.07 Å². The Bertz CT molecular complexity index is 384. The first-order chi connectivity index (χ1) is 7.15. The SMILES string of the molecule is CN(CCC#N)C(=O)c1cnc(Cl)cn1. The normalized spacial score (nSPS) is 9.40. The van der Waals surface area contributed by atoms with E-state index in [9.17, 15) is 4.79 Å². The molecule has 1 amide bonds. The van der Waals surface area contributed by atoms with Gasteiger partial charge in [-0.15, -0.1) is 0 Å². The molecule has 1 aromatic heterocycles. The molecule has 0 aliphatic rings. The number of carbonyl (C=O) groups excluding carboxylic acids is 1.